The molecule has 0 amide bonds. The Morgan fingerprint density at radius 3 is 2.71 bits per heavy atom. The third-order valence-electron chi connectivity index (χ3n) is 5.91. The van der Waals surface area contributed by atoms with Crippen LogP contribution in [0.5, 0.6) is 0 Å². The zero-order valence-electron chi connectivity index (χ0n) is 17.3. The van der Waals surface area contributed by atoms with Gasteiger partial charge in [0, 0.05) is 6.54 Å². The number of nitriles is 1. The van der Waals surface area contributed by atoms with Gasteiger partial charge in [-0.1, -0.05) is 42.5 Å². The highest BCUT2D eigenvalue weighted by molar-refractivity contribution is 5.85. The zero-order chi connectivity index (χ0) is 21.0. The fraction of sp³-hybridized carbons (Fsp3) is 0.280. The first-order valence-corrected chi connectivity index (χ1v) is 10.7. The van der Waals surface area contributed by atoms with Gasteiger partial charge in [-0.25, -0.2) is 4.98 Å². The summed E-state index contributed by atoms with van der Waals surface area (Å²) in [5.74, 6) is 1.88. The Morgan fingerprint density at radius 2 is 1.90 bits per heavy atom. The molecule has 3 heterocycles. The minimum absolute atomic E-state index is 0.0932. The number of likely N-dealkylation sites (tertiary alicyclic amines) is 1. The van der Waals surface area contributed by atoms with Gasteiger partial charge in [0.25, 0.3) is 0 Å². The molecule has 0 radical (unpaired) electrons. The number of rotatable bonds is 7. The van der Waals surface area contributed by atoms with Gasteiger partial charge in [-0.2, -0.15) is 5.26 Å². The largest absolute Gasteiger partial charge is 0.468 e. The van der Waals surface area contributed by atoms with E-state index in [4.69, 9.17) is 8.83 Å². The second-order valence-electron chi connectivity index (χ2n) is 7.87. The van der Waals surface area contributed by atoms with Crippen LogP contribution in [0.25, 0.3) is 10.8 Å². The second-order valence-corrected chi connectivity index (χ2v) is 7.87. The predicted octanol–water partition coefficient (Wildman–Crippen LogP) is 5.13. The lowest BCUT2D eigenvalue weighted by Gasteiger charge is -2.25. The van der Waals surface area contributed by atoms with E-state index in [9.17, 15) is 5.26 Å². The van der Waals surface area contributed by atoms with E-state index in [2.05, 4.69) is 45.5 Å². The number of aromatic nitrogens is 1. The maximum absolute atomic E-state index is 9.59. The van der Waals surface area contributed by atoms with E-state index < -0.39 is 0 Å². The highest BCUT2D eigenvalue weighted by atomic mass is 16.4. The summed E-state index contributed by atoms with van der Waals surface area (Å²) in [4.78, 5) is 6.85. The lowest BCUT2D eigenvalue weighted by molar-refractivity contribution is 0.224. The molecule has 5 rings (SSSR count). The van der Waals surface area contributed by atoms with Crippen LogP contribution in [0.1, 0.15) is 41.8 Å². The van der Waals surface area contributed by atoms with Gasteiger partial charge in [-0.15, -0.1) is 0 Å². The van der Waals surface area contributed by atoms with Crippen LogP contribution in [-0.4, -0.2) is 29.5 Å². The minimum atomic E-state index is 0.0932. The number of furan rings is 1. The van der Waals surface area contributed by atoms with Crippen LogP contribution in [0.3, 0.4) is 0 Å². The molecule has 4 aromatic rings. The number of oxazole rings is 1. The monoisotopic (exact) mass is 412 g/mol. The average Bonchev–Trinajstić information content (AvgIpc) is 3.57. The summed E-state index contributed by atoms with van der Waals surface area (Å²) >= 11 is 0. The van der Waals surface area contributed by atoms with Crippen molar-refractivity contribution in [2.45, 2.75) is 25.3 Å². The Labute approximate surface area is 181 Å². The number of fused-ring (bicyclic) bond motifs is 1. The van der Waals surface area contributed by atoms with Crippen LogP contribution in [0.4, 0.5) is 5.88 Å². The van der Waals surface area contributed by atoms with Crippen molar-refractivity contribution in [2.24, 2.45) is 0 Å². The summed E-state index contributed by atoms with van der Waals surface area (Å²) in [5, 5.41) is 15.3. The third-order valence-corrected chi connectivity index (χ3v) is 5.91. The van der Waals surface area contributed by atoms with E-state index in [0.29, 0.717) is 24.7 Å². The molecular weight excluding hydrogens is 388 g/mol. The lowest BCUT2D eigenvalue weighted by Crippen LogP contribution is -2.30. The summed E-state index contributed by atoms with van der Waals surface area (Å²) in [7, 11) is 0. The van der Waals surface area contributed by atoms with Crippen LogP contribution in [-0.2, 0) is 6.42 Å². The lowest BCUT2D eigenvalue weighted by atomic mass is 10.0. The second kappa shape index (κ2) is 8.66. The van der Waals surface area contributed by atoms with Crippen LogP contribution in [0.15, 0.2) is 69.7 Å². The summed E-state index contributed by atoms with van der Waals surface area (Å²) in [6.45, 7) is 2.67. The number of benzene rings is 2. The average molecular weight is 412 g/mol. The number of nitrogens with one attached hydrogen (secondary N) is 1. The van der Waals surface area contributed by atoms with Gasteiger partial charge in [0.05, 0.1) is 18.7 Å². The molecule has 1 fully saturated rings. The molecule has 1 aliphatic rings. The van der Waals surface area contributed by atoms with Gasteiger partial charge in [-0.3, -0.25) is 4.90 Å². The Hall–Kier alpha value is -3.56. The maximum atomic E-state index is 9.59. The third kappa shape index (κ3) is 4.05. The van der Waals surface area contributed by atoms with Gasteiger partial charge in [-0.05, 0) is 54.4 Å². The summed E-state index contributed by atoms with van der Waals surface area (Å²) in [5.41, 5.74) is 1.41. The zero-order valence-corrected chi connectivity index (χ0v) is 17.3. The molecular formula is C25H24N4O2. The predicted molar refractivity (Wildman–Crippen MR) is 119 cm³/mol. The van der Waals surface area contributed by atoms with Crippen molar-refractivity contribution in [3.63, 3.8) is 0 Å². The van der Waals surface area contributed by atoms with Crippen molar-refractivity contribution < 1.29 is 8.83 Å². The fourth-order valence-electron chi connectivity index (χ4n) is 4.38. The minimum Gasteiger partial charge on any atom is -0.468 e. The Bertz CT molecular complexity index is 1190. The fourth-order valence-corrected chi connectivity index (χ4v) is 4.38. The Kier molecular flexibility index (Phi) is 5.42. The summed E-state index contributed by atoms with van der Waals surface area (Å²) in [6, 6.07) is 20.6. The molecule has 1 saturated heterocycles. The van der Waals surface area contributed by atoms with Crippen LogP contribution in [0.2, 0.25) is 0 Å². The van der Waals surface area contributed by atoms with E-state index >= 15 is 0 Å². The van der Waals surface area contributed by atoms with Crippen molar-refractivity contribution >= 4 is 16.7 Å². The highest BCUT2D eigenvalue weighted by Gasteiger charge is 2.26. The number of hydrogen-bond donors (Lipinski definition) is 1. The Balaban J connectivity index is 1.36. The van der Waals surface area contributed by atoms with E-state index in [0.717, 1.165) is 24.4 Å². The number of nitrogens with zero attached hydrogens (tertiary/aromatic N) is 3. The smallest absolute Gasteiger partial charge is 0.232 e. The molecule has 0 spiro atoms. The van der Waals surface area contributed by atoms with Crippen LogP contribution in [0, 0.1) is 11.3 Å². The van der Waals surface area contributed by atoms with Crippen molar-refractivity contribution in [1.29, 1.82) is 5.26 Å². The first-order chi connectivity index (χ1) is 15.3. The molecule has 1 aliphatic heterocycles. The van der Waals surface area contributed by atoms with Crippen molar-refractivity contribution in [3.8, 4) is 6.07 Å². The number of hydrogen-bond acceptors (Lipinski definition) is 6. The molecule has 6 heteroatoms. The summed E-state index contributed by atoms with van der Waals surface area (Å²) in [6.07, 6.45) is 4.62. The van der Waals surface area contributed by atoms with E-state index in [1.54, 1.807) is 6.26 Å². The van der Waals surface area contributed by atoms with Gasteiger partial charge in [0.15, 0.2) is 0 Å². The van der Waals surface area contributed by atoms with Crippen molar-refractivity contribution in [1.82, 2.24) is 9.88 Å². The van der Waals surface area contributed by atoms with Crippen LogP contribution < -0.4 is 5.32 Å². The molecule has 1 unspecified atom stereocenters. The van der Waals surface area contributed by atoms with E-state index in [1.165, 1.54) is 23.6 Å². The van der Waals surface area contributed by atoms with Crippen LogP contribution >= 0.6 is 0 Å². The quantitative estimate of drug-likeness (QED) is 0.453. The van der Waals surface area contributed by atoms with Gasteiger partial charge in [0.1, 0.15) is 11.8 Å². The van der Waals surface area contributed by atoms with Crippen molar-refractivity contribution in [2.75, 3.05) is 25.0 Å². The molecule has 6 nitrogen and oxygen atoms in total. The molecule has 2 aromatic heterocycles. The van der Waals surface area contributed by atoms with Gasteiger partial charge in [0.2, 0.25) is 17.5 Å². The molecule has 156 valence electrons. The first kappa shape index (κ1) is 19.4. The van der Waals surface area contributed by atoms with Gasteiger partial charge < -0.3 is 14.2 Å². The highest BCUT2D eigenvalue weighted by Crippen LogP contribution is 2.28. The SMILES string of the molecule is N#Cc1nc(Cc2cccc3ccccc23)oc1NCC(c1ccco1)N1CCCC1. The molecule has 1 atom stereocenters. The Morgan fingerprint density at radius 1 is 1.06 bits per heavy atom. The topological polar surface area (TPSA) is 78.2 Å². The first-order valence-electron chi connectivity index (χ1n) is 10.7. The van der Waals surface area contributed by atoms with Gasteiger partial charge >= 0.3 is 0 Å². The number of anilines is 1. The molecule has 2 aromatic carbocycles. The standard InChI is InChI=1S/C25H24N4O2/c26-16-21-25(27-17-22(23-11-6-14-30-23)29-12-3-4-13-29)31-24(28-21)15-19-9-5-8-18-7-1-2-10-20(18)19/h1-2,5-11,14,22,27H,3-4,12-13,15,17H2. The maximum Gasteiger partial charge on any atom is 0.232 e. The molecule has 0 bridgehead atoms. The molecule has 0 aliphatic carbocycles. The van der Waals surface area contributed by atoms with Crippen molar-refractivity contribution in [3.05, 3.63) is 83.8 Å². The van der Waals surface area contributed by atoms with E-state index in [1.807, 2.05) is 30.3 Å². The molecule has 31 heavy (non-hydrogen) atoms. The molecule has 0 saturated carbocycles. The molecule has 1 N–H and O–H groups in total. The van der Waals surface area contributed by atoms with E-state index in [-0.39, 0.29) is 11.7 Å². The summed E-state index contributed by atoms with van der Waals surface area (Å²) < 4.78 is 11.7. The normalized spacial score (nSPS) is 15.2.